The Morgan fingerprint density at radius 1 is 1.20 bits per heavy atom. The zero-order valence-corrected chi connectivity index (χ0v) is 24.2. The normalized spacial score (nSPS) is 25.6. The summed E-state index contributed by atoms with van der Waals surface area (Å²) in [6.07, 6.45) is 0.220. The SMILES string of the molecule is C=C(NCC(C)C)Nc1cc(N(C)C)c2c(c1O)C(=O)C1=C(O)C3(O)C(=O)C(C(N)=O)=C(O)C(N(C)C)C3CC1C2. The molecule has 1 amide bonds. The summed E-state index contributed by atoms with van der Waals surface area (Å²) in [4.78, 5) is 43.0. The topological polar surface area (TPSA) is 189 Å². The lowest BCUT2D eigenvalue weighted by molar-refractivity contribution is -0.148. The van der Waals surface area contributed by atoms with E-state index in [1.165, 1.54) is 4.90 Å². The van der Waals surface area contributed by atoms with E-state index < -0.39 is 58.0 Å². The van der Waals surface area contributed by atoms with E-state index in [0.717, 1.165) is 0 Å². The highest BCUT2D eigenvalue weighted by Gasteiger charge is 2.63. The number of carbonyl (C=O) groups is 3. The lowest BCUT2D eigenvalue weighted by Crippen LogP contribution is -2.63. The Morgan fingerprint density at radius 2 is 1.83 bits per heavy atom. The largest absolute Gasteiger partial charge is 0.510 e. The summed E-state index contributed by atoms with van der Waals surface area (Å²) < 4.78 is 0. The number of likely N-dealkylation sites (N-methyl/N-ethyl adjacent to an activating group) is 1. The van der Waals surface area contributed by atoms with Crippen molar-refractivity contribution in [3.05, 3.63) is 52.3 Å². The van der Waals surface area contributed by atoms with E-state index in [1.54, 1.807) is 39.2 Å². The molecule has 0 saturated heterocycles. The molecule has 4 atom stereocenters. The van der Waals surface area contributed by atoms with Crippen LogP contribution in [0.5, 0.6) is 5.75 Å². The Balaban J connectivity index is 1.89. The van der Waals surface area contributed by atoms with E-state index in [0.29, 0.717) is 29.5 Å². The number of allylic oxidation sites excluding steroid dienone is 1. The van der Waals surface area contributed by atoms with Gasteiger partial charge >= 0.3 is 0 Å². The van der Waals surface area contributed by atoms with Crippen LogP contribution in [0.2, 0.25) is 0 Å². The van der Waals surface area contributed by atoms with Crippen LogP contribution in [0.15, 0.2) is 41.1 Å². The maximum atomic E-state index is 14.1. The predicted molar refractivity (Wildman–Crippen MR) is 154 cm³/mol. The number of phenols is 1. The molecule has 12 heteroatoms. The van der Waals surface area contributed by atoms with Gasteiger partial charge in [-0.15, -0.1) is 0 Å². The molecule has 0 saturated carbocycles. The Labute approximate surface area is 238 Å². The fraction of sp³-hybridized carbons (Fsp3) is 0.483. The number of nitrogens with one attached hydrogen (secondary N) is 2. The van der Waals surface area contributed by atoms with Gasteiger partial charge in [0.2, 0.25) is 5.78 Å². The first-order valence-electron chi connectivity index (χ1n) is 13.4. The first-order valence-corrected chi connectivity index (χ1v) is 13.4. The van der Waals surface area contributed by atoms with Gasteiger partial charge in [-0.1, -0.05) is 20.4 Å². The molecule has 0 aromatic heterocycles. The van der Waals surface area contributed by atoms with Gasteiger partial charge in [-0.3, -0.25) is 19.3 Å². The van der Waals surface area contributed by atoms with E-state index in [-0.39, 0.29) is 35.4 Å². The van der Waals surface area contributed by atoms with Crippen LogP contribution in [0.4, 0.5) is 11.4 Å². The molecule has 4 unspecified atom stereocenters. The van der Waals surface area contributed by atoms with Crippen LogP contribution in [0, 0.1) is 17.8 Å². The van der Waals surface area contributed by atoms with Crippen molar-refractivity contribution in [2.45, 2.75) is 38.3 Å². The summed E-state index contributed by atoms with van der Waals surface area (Å²) in [7, 11) is 6.78. The third-order valence-electron chi connectivity index (χ3n) is 8.19. The smallest absolute Gasteiger partial charge is 0.255 e. The molecule has 3 aliphatic carbocycles. The van der Waals surface area contributed by atoms with Gasteiger partial charge in [0.25, 0.3) is 5.91 Å². The van der Waals surface area contributed by atoms with Gasteiger partial charge < -0.3 is 41.7 Å². The molecule has 1 aromatic rings. The number of hydrogen-bond acceptors (Lipinski definition) is 11. The van der Waals surface area contributed by atoms with Crippen LogP contribution in [0.3, 0.4) is 0 Å². The highest BCUT2D eigenvalue weighted by atomic mass is 16.3. The molecule has 4 rings (SSSR count). The second-order valence-corrected chi connectivity index (χ2v) is 11.9. The van der Waals surface area contributed by atoms with Gasteiger partial charge in [0.15, 0.2) is 17.1 Å². The zero-order valence-electron chi connectivity index (χ0n) is 24.2. The lowest BCUT2D eigenvalue weighted by atomic mass is 9.58. The van der Waals surface area contributed by atoms with Crippen molar-refractivity contribution in [2.75, 3.05) is 45.0 Å². The number of aliphatic hydroxyl groups is 3. The van der Waals surface area contributed by atoms with Crippen LogP contribution < -0.4 is 21.3 Å². The summed E-state index contributed by atoms with van der Waals surface area (Å²) in [6, 6.07) is 0.663. The first kappa shape index (κ1) is 29.9. The molecule has 8 N–H and O–H groups in total. The molecule has 0 aliphatic heterocycles. The van der Waals surface area contributed by atoms with Crippen molar-refractivity contribution in [1.29, 1.82) is 0 Å². The summed E-state index contributed by atoms with van der Waals surface area (Å²) in [5, 5.41) is 51.6. The third kappa shape index (κ3) is 4.60. The van der Waals surface area contributed by atoms with Gasteiger partial charge in [0.1, 0.15) is 17.1 Å². The number of rotatable bonds is 8. The minimum Gasteiger partial charge on any atom is -0.510 e. The molecule has 0 heterocycles. The average molecular weight is 570 g/mol. The standard InChI is InChI=1S/C29H39N5O7/c1-12(2)11-31-13(3)32-17-10-18(33(4)5)15-8-14-9-16-22(34(6)7)25(37)21(28(30)40)27(39)29(16,41)26(38)19(14)24(36)20(15)23(17)35/h10,12,14,16,22,31-32,35,37-38,41H,3,8-9,11H2,1-2,4-7H3,(H2,30,40). The number of fused-ring (bicyclic) bond motifs is 3. The third-order valence-corrected chi connectivity index (χ3v) is 8.19. The monoisotopic (exact) mass is 569 g/mol. The molecule has 1 aromatic carbocycles. The Hall–Kier alpha value is -4.03. The minimum absolute atomic E-state index is 0.0231. The number of aliphatic hydroxyl groups excluding tert-OH is 2. The van der Waals surface area contributed by atoms with Crippen molar-refractivity contribution in [1.82, 2.24) is 10.2 Å². The van der Waals surface area contributed by atoms with Crippen molar-refractivity contribution in [2.24, 2.45) is 23.5 Å². The van der Waals surface area contributed by atoms with Crippen LogP contribution in [0.1, 0.15) is 36.2 Å². The fourth-order valence-electron chi connectivity index (χ4n) is 6.33. The number of nitrogens with two attached hydrogens (primary N) is 1. The lowest BCUT2D eigenvalue weighted by Gasteiger charge is -2.50. The molecule has 3 aliphatic rings. The molecule has 0 radical (unpaired) electrons. The van der Waals surface area contributed by atoms with Crippen molar-refractivity contribution in [3.8, 4) is 5.75 Å². The Kier molecular flexibility index (Phi) is 7.61. The predicted octanol–water partition coefficient (Wildman–Crippen LogP) is 1.32. The number of benzene rings is 1. The van der Waals surface area contributed by atoms with Gasteiger partial charge in [0.05, 0.1) is 23.1 Å². The van der Waals surface area contributed by atoms with E-state index in [4.69, 9.17) is 5.73 Å². The van der Waals surface area contributed by atoms with Crippen LogP contribution in [-0.4, -0.2) is 89.2 Å². The molecule has 0 spiro atoms. The van der Waals surface area contributed by atoms with E-state index in [2.05, 4.69) is 17.2 Å². The summed E-state index contributed by atoms with van der Waals surface area (Å²) in [5.41, 5.74) is 2.98. The van der Waals surface area contributed by atoms with E-state index in [9.17, 15) is 34.8 Å². The maximum Gasteiger partial charge on any atom is 0.255 e. The molecule has 0 bridgehead atoms. The first-order chi connectivity index (χ1) is 19.0. The van der Waals surface area contributed by atoms with Crippen LogP contribution >= 0.6 is 0 Å². The van der Waals surface area contributed by atoms with Gasteiger partial charge in [-0.05, 0) is 50.4 Å². The highest BCUT2D eigenvalue weighted by molar-refractivity contribution is 6.25. The summed E-state index contributed by atoms with van der Waals surface area (Å²) >= 11 is 0. The number of amides is 1. The quantitative estimate of drug-likeness (QED) is 0.177. The maximum absolute atomic E-state index is 14.1. The van der Waals surface area contributed by atoms with Gasteiger partial charge in [0, 0.05) is 37.8 Å². The molecule has 0 fully saturated rings. The van der Waals surface area contributed by atoms with E-state index in [1.807, 2.05) is 13.8 Å². The number of hydrogen-bond donors (Lipinski definition) is 7. The molecule has 222 valence electrons. The Morgan fingerprint density at radius 3 is 2.37 bits per heavy atom. The minimum atomic E-state index is -2.69. The molecule has 41 heavy (non-hydrogen) atoms. The second-order valence-electron chi connectivity index (χ2n) is 11.9. The summed E-state index contributed by atoms with van der Waals surface area (Å²) in [5.74, 6) is -6.15. The van der Waals surface area contributed by atoms with Gasteiger partial charge in [-0.25, -0.2) is 0 Å². The number of nitrogens with zero attached hydrogens (tertiary/aromatic N) is 2. The average Bonchev–Trinajstić information content (AvgIpc) is 2.85. The number of anilines is 2. The fourth-order valence-corrected chi connectivity index (χ4v) is 6.33. The number of ketones is 2. The number of aromatic hydroxyl groups is 1. The highest BCUT2D eigenvalue weighted by Crippen LogP contribution is 2.53. The summed E-state index contributed by atoms with van der Waals surface area (Å²) in [6.45, 7) is 8.62. The molecular formula is C29H39N5O7. The second kappa shape index (κ2) is 10.4. The van der Waals surface area contributed by atoms with Crippen molar-refractivity contribution < 1.29 is 34.8 Å². The molecular weight excluding hydrogens is 530 g/mol. The number of Topliss-reactive ketones (excluding diaryl/α,β-unsaturated/α-hetero) is 2. The number of primary amides is 1. The number of carbonyl (C=O) groups excluding carboxylic acids is 3. The van der Waals surface area contributed by atoms with Crippen LogP contribution in [0.25, 0.3) is 0 Å². The van der Waals surface area contributed by atoms with Gasteiger partial charge in [-0.2, -0.15) is 0 Å². The zero-order chi connectivity index (χ0) is 30.7. The Bertz CT molecular complexity index is 1410. The van der Waals surface area contributed by atoms with Crippen molar-refractivity contribution in [3.63, 3.8) is 0 Å². The van der Waals surface area contributed by atoms with E-state index >= 15 is 0 Å². The van der Waals surface area contributed by atoms with Crippen molar-refractivity contribution >= 4 is 28.8 Å². The molecule has 12 nitrogen and oxygen atoms in total. The number of phenolic OH excluding ortho intramolecular Hbond substituents is 1. The van der Waals surface area contributed by atoms with Crippen LogP contribution in [-0.2, 0) is 16.0 Å².